The van der Waals surface area contributed by atoms with Crippen molar-refractivity contribution in [1.82, 2.24) is 0 Å². The van der Waals surface area contributed by atoms with Crippen LogP contribution in [0.25, 0.3) is 87.6 Å². The Balaban J connectivity index is 1.25. The van der Waals surface area contributed by atoms with E-state index >= 15 is 0 Å². The number of hydrogen-bond donors (Lipinski definition) is 0. The molecule has 0 saturated carbocycles. The van der Waals surface area contributed by atoms with E-state index in [0.717, 1.165) is 0 Å². The third-order valence-electron chi connectivity index (χ3n) is 12.7. The van der Waals surface area contributed by atoms with Crippen LogP contribution in [-0.2, 0) is 10.8 Å². The molecule has 0 aromatic heterocycles. The van der Waals surface area contributed by atoms with Crippen LogP contribution in [0.3, 0.4) is 0 Å². The van der Waals surface area contributed by atoms with Gasteiger partial charge in [0.2, 0.25) is 0 Å². The summed E-state index contributed by atoms with van der Waals surface area (Å²) in [7, 11) is 0. The molecule has 0 aliphatic heterocycles. The highest BCUT2D eigenvalue weighted by Crippen LogP contribution is 2.54. The number of hydrogen-bond acceptors (Lipinski definition) is 0. The normalized spacial score (nSPS) is 14.8. The van der Waals surface area contributed by atoms with Gasteiger partial charge >= 0.3 is 0 Å². The summed E-state index contributed by atoms with van der Waals surface area (Å²) < 4.78 is 0. The second kappa shape index (κ2) is 10.3. The van der Waals surface area contributed by atoms with Crippen LogP contribution in [0.1, 0.15) is 49.9 Å². The Labute approximate surface area is 305 Å². The minimum absolute atomic E-state index is 0.0978. The molecule has 9 aromatic rings. The minimum atomic E-state index is -0.0978. The van der Waals surface area contributed by atoms with Gasteiger partial charge in [0.1, 0.15) is 0 Å². The van der Waals surface area contributed by atoms with Gasteiger partial charge in [0.15, 0.2) is 0 Å². The number of fused-ring (bicyclic) bond motifs is 6. The largest absolute Gasteiger partial charge is 0.0619 e. The number of benzene rings is 9. The van der Waals surface area contributed by atoms with Gasteiger partial charge in [-0.1, -0.05) is 185 Å². The molecule has 0 bridgehead atoms. The van der Waals surface area contributed by atoms with Crippen LogP contribution < -0.4 is 0 Å². The van der Waals surface area contributed by atoms with Gasteiger partial charge in [-0.05, 0) is 110 Å². The molecule has 0 saturated heterocycles. The van der Waals surface area contributed by atoms with Crippen molar-refractivity contribution < 1.29 is 0 Å². The topological polar surface area (TPSA) is 0 Å². The van der Waals surface area contributed by atoms with Crippen LogP contribution in [0.15, 0.2) is 158 Å². The molecule has 2 aliphatic rings. The molecule has 2 aliphatic carbocycles. The van der Waals surface area contributed by atoms with Crippen LogP contribution in [-0.4, -0.2) is 0 Å². The van der Waals surface area contributed by atoms with Gasteiger partial charge in [0.25, 0.3) is 0 Å². The van der Waals surface area contributed by atoms with E-state index in [1.54, 1.807) is 0 Å². The van der Waals surface area contributed by atoms with E-state index < -0.39 is 0 Å². The maximum atomic E-state index is 2.40. The van der Waals surface area contributed by atoms with Gasteiger partial charge in [-0.25, -0.2) is 0 Å². The third-order valence-corrected chi connectivity index (χ3v) is 12.7. The fraction of sp³-hybridized carbons (Fsp3) is 0.115. The molecular weight excluding hydrogens is 625 g/mol. The summed E-state index contributed by atoms with van der Waals surface area (Å²) in [6, 6.07) is 59.7. The van der Waals surface area contributed by atoms with Crippen molar-refractivity contribution in [3.63, 3.8) is 0 Å². The lowest BCUT2D eigenvalue weighted by Gasteiger charge is -2.35. The van der Waals surface area contributed by atoms with E-state index in [4.69, 9.17) is 0 Å². The lowest BCUT2D eigenvalue weighted by atomic mass is 9.67. The van der Waals surface area contributed by atoms with Crippen molar-refractivity contribution in [1.29, 1.82) is 0 Å². The van der Waals surface area contributed by atoms with Crippen LogP contribution in [0, 0.1) is 0 Å². The Bertz CT molecular complexity index is 2740. The van der Waals surface area contributed by atoms with Crippen LogP contribution >= 0.6 is 0 Å². The quantitative estimate of drug-likeness (QED) is 0.162. The smallest absolute Gasteiger partial charge is 0.0159 e. The highest BCUT2D eigenvalue weighted by molar-refractivity contribution is 6.26. The summed E-state index contributed by atoms with van der Waals surface area (Å²) in [5, 5.41) is 10.6. The Morgan fingerprint density at radius 2 is 0.558 bits per heavy atom. The highest BCUT2D eigenvalue weighted by atomic mass is 14.4. The van der Waals surface area contributed by atoms with Crippen LogP contribution in [0.4, 0.5) is 0 Å². The van der Waals surface area contributed by atoms with Crippen molar-refractivity contribution in [3.05, 3.63) is 180 Å². The van der Waals surface area contributed by atoms with E-state index in [9.17, 15) is 0 Å². The van der Waals surface area contributed by atoms with Crippen molar-refractivity contribution >= 4 is 43.1 Å². The molecule has 52 heavy (non-hydrogen) atoms. The molecule has 11 rings (SSSR count). The lowest BCUT2D eigenvalue weighted by Crippen LogP contribution is -2.23. The van der Waals surface area contributed by atoms with Gasteiger partial charge < -0.3 is 0 Å². The zero-order chi connectivity index (χ0) is 34.9. The van der Waals surface area contributed by atoms with E-state index in [1.807, 2.05) is 0 Å². The first kappa shape index (κ1) is 29.7. The van der Waals surface area contributed by atoms with Gasteiger partial charge in [0, 0.05) is 10.8 Å². The summed E-state index contributed by atoms with van der Waals surface area (Å²) in [5.41, 5.74) is 16.0. The molecule has 0 amide bonds. The molecule has 0 atom stereocenters. The zero-order valence-electron chi connectivity index (χ0n) is 30.0. The zero-order valence-corrected chi connectivity index (χ0v) is 30.0. The maximum absolute atomic E-state index is 2.40. The summed E-state index contributed by atoms with van der Waals surface area (Å²) >= 11 is 0. The second-order valence-corrected chi connectivity index (χ2v) is 16.0. The molecular formula is C52H38. The first-order chi connectivity index (χ1) is 25.4. The molecule has 0 radical (unpaired) electrons. The van der Waals surface area contributed by atoms with Gasteiger partial charge in [0.05, 0.1) is 0 Å². The van der Waals surface area contributed by atoms with E-state index in [2.05, 4.69) is 185 Å². The second-order valence-electron chi connectivity index (χ2n) is 16.0. The Hall–Kier alpha value is -5.98. The van der Waals surface area contributed by atoms with E-state index in [0.29, 0.717) is 0 Å². The van der Waals surface area contributed by atoms with Crippen molar-refractivity contribution in [3.8, 4) is 44.5 Å². The van der Waals surface area contributed by atoms with Gasteiger partial charge in [-0.2, -0.15) is 0 Å². The summed E-state index contributed by atoms with van der Waals surface area (Å²) in [6.45, 7) is 9.54. The van der Waals surface area contributed by atoms with Crippen molar-refractivity contribution in [2.45, 2.75) is 38.5 Å². The van der Waals surface area contributed by atoms with Crippen LogP contribution in [0.2, 0.25) is 0 Å². The molecule has 0 unspecified atom stereocenters. The molecule has 0 fully saturated rings. The molecule has 0 N–H and O–H groups in total. The molecule has 246 valence electrons. The van der Waals surface area contributed by atoms with Crippen LogP contribution in [0.5, 0.6) is 0 Å². The first-order valence-corrected chi connectivity index (χ1v) is 18.6. The molecule has 0 spiro atoms. The predicted octanol–water partition coefficient (Wildman–Crippen LogP) is 14.2. The fourth-order valence-corrected chi connectivity index (χ4v) is 10.3. The minimum Gasteiger partial charge on any atom is -0.0619 e. The SMILES string of the molecule is CC1(C)c2ccccc2-c2ccc(-c3c4ccccc4c(-c4ccc5c6c(cccc46)C(C)(C)c4ccccc4-5)c4ccccc34)c3cccc1c23. The maximum Gasteiger partial charge on any atom is 0.0159 e. The Morgan fingerprint density at radius 3 is 0.962 bits per heavy atom. The summed E-state index contributed by atoms with van der Waals surface area (Å²) in [6.07, 6.45) is 0. The lowest BCUT2D eigenvalue weighted by molar-refractivity contribution is 0.645. The average Bonchev–Trinajstić information content (AvgIpc) is 3.18. The fourth-order valence-electron chi connectivity index (χ4n) is 10.3. The molecule has 0 heterocycles. The third kappa shape index (κ3) is 3.72. The monoisotopic (exact) mass is 662 g/mol. The van der Waals surface area contributed by atoms with Gasteiger partial charge in [-0.15, -0.1) is 0 Å². The number of rotatable bonds is 2. The van der Waals surface area contributed by atoms with Gasteiger partial charge in [-0.3, -0.25) is 0 Å². The van der Waals surface area contributed by atoms with Crippen molar-refractivity contribution in [2.24, 2.45) is 0 Å². The summed E-state index contributed by atoms with van der Waals surface area (Å²) in [4.78, 5) is 0. The standard InChI is InChI=1S/C52H38/c1-51(2)43-23-11-9-15-31(43)39-27-29-41(37-21-13-25-45(51)49(37)39)47-33-17-5-7-19-35(33)48(36-20-8-6-18-34(36)47)42-30-28-40-32-16-10-12-24-44(32)52(3,4)46-26-14-22-38(42)50(40)46/h5-30H,1-4H3. The average molecular weight is 663 g/mol. The highest BCUT2D eigenvalue weighted by Gasteiger charge is 2.35. The molecule has 9 aromatic carbocycles. The van der Waals surface area contributed by atoms with E-state index in [1.165, 1.54) is 110 Å². The molecule has 0 nitrogen and oxygen atoms in total. The Morgan fingerprint density at radius 1 is 0.250 bits per heavy atom. The molecule has 0 heteroatoms. The first-order valence-electron chi connectivity index (χ1n) is 18.6. The Kier molecular flexibility index (Phi) is 5.89. The van der Waals surface area contributed by atoms with Crippen molar-refractivity contribution in [2.75, 3.05) is 0 Å². The summed E-state index contributed by atoms with van der Waals surface area (Å²) in [5.74, 6) is 0. The van der Waals surface area contributed by atoms with E-state index in [-0.39, 0.29) is 10.8 Å². The predicted molar refractivity (Wildman–Crippen MR) is 222 cm³/mol.